The molecule has 0 aromatic rings. The van der Waals surface area contributed by atoms with Crippen LogP contribution in [-0.2, 0) is 4.74 Å². The third-order valence-corrected chi connectivity index (χ3v) is 3.33. The third-order valence-electron chi connectivity index (χ3n) is 3.33. The molecule has 1 N–H and O–H groups in total. The molecule has 0 saturated carbocycles. The van der Waals surface area contributed by atoms with E-state index in [-0.39, 0.29) is 0 Å². The molecule has 1 rings (SSSR count). The summed E-state index contributed by atoms with van der Waals surface area (Å²) in [6, 6.07) is 0. The molecule has 17 heavy (non-hydrogen) atoms. The fourth-order valence-corrected chi connectivity index (χ4v) is 1.94. The predicted octanol–water partition coefficient (Wildman–Crippen LogP) is 1.51. The zero-order valence-electron chi connectivity index (χ0n) is 11.3. The predicted molar refractivity (Wildman–Crippen MR) is 69.7 cm³/mol. The van der Waals surface area contributed by atoms with Crippen molar-refractivity contribution >= 4 is 0 Å². The topological polar surface area (TPSA) is 32.7 Å². The van der Waals surface area contributed by atoms with E-state index >= 15 is 0 Å². The molecule has 0 aromatic carbocycles. The molecule has 3 heteroatoms. The largest absolute Gasteiger partial charge is 0.389 e. The van der Waals surface area contributed by atoms with Gasteiger partial charge in [-0.3, -0.25) is 0 Å². The number of aliphatic hydroxyl groups is 1. The smallest absolute Gasteiger partial charge is 0.122 e. The number of hydrogen-bond acceptors (Lipinski definition) is 3. The van der Waals surface area contributed by atoms with Crippen molar-refractivity contribution in [2.75, 3.05) is 26.2 Å². The fourth-order valence-electron chi connectivity index (χ4n) is 1.94. The summed E-state index contributed by atoms with van der Waals surface area (Å²) in [6.45, 7) is 9.11. The standard InChI is InChI=1S/C14H25NO2/c1-5-14(3,4)17-11-13(16)10-15-8-6-12(2)7-9-15/h1,12-13,16H,6-11H2,2-4H3/t13-/m0/s1. The maximum absolute atomic E-state index is 9.89. The molecule has 1 saturated heterocycles. The Bertz CT molecular complexity index is 262. The van der Waals surface area contributed by atoms with Gasteiger partial charge in [0.25, 0.3) is 0 Å². The van der Waals surface area contributed by atoms with Gasteiger partial charge >= 0.3 is 0 Å². The van der Waals surface area contributed by atoms with Crippen molar-refractivity contribution in [2.45, 2.75) is 45.3 Å². The van der Waals surface area contributed by atoms with Crippen molar-refractivity contribution in [3.63, 3.8) is 0 Å². The van der Waals surface area contributed by atoms with Crippen LogP contribution in [-0.4, -0.2) is 48.0 Å². The van der Waals surface area contributed by atoms with Gasteiger partial charge in [-0.25, -0.2) is 0 Å². The molecule has 0 aliphatic carbocycles. The van der Waals surface area contributed by atoms with Crippen LogP contribution in [0.15, 0.2) is 0 Å². The Morgan fingerprint density at radius 2 is 2.06 bits per heavy atom. The number of hydrogen-bond donors (Lipinski definition) is 1. The Morgan fingerprint density at radius 1 is 1.47 bits per heavy atom. The summed E-state index contributed by atoms with van der Waals surface area (Å²) < 4.78 is 5.49. The molecule has 0 aromatic heterocycles. The zero-order chi connectivity index (χ0) is 12.9. The molecular formula is C14H25NO2. The molecule has 1 atom stereocenters. The molecule has 0 amide bonds. The number of nitrogens with zero attached hydrogens (tertiary/aromatic N) is 1. The number of ether oxygens (including phenoxy) is 1. The normalized spacial score (nSPS) is 21.1. The van der Waals surface area contributed by atoms with Gasteiger partial charge in [0, 0.05) is 6.54 Å². The van der Waals surface area contributed by atoms with Gasteiger partial charge in [0.05, 0.1) is 12.7 Å². The van der Waals surface area contributed by atoms with E-state index < -0.39 is 11.7 Å². The van der Waals surface area contributed by atoms with Crippen molar-refractivity contribution in [3.05, 3.63) is 0 Å². The highest BCUT2D eigenvalue weighted by molar-refractivity contribution is 5.02. The summed E-state index contributed by atoms with van der Waals surface area (Å²) >= 11 is 0. The van der Waals surface area contributed by atoms with Crippen molar-refractivity contribution in [1.29, 1.82) is 0 Å². The summed E-state index contributed by atoms with van der Waals surface area (Å²) in [5.41, 5.74) is -0.586. The van der Waals surface area contributed by atoms with Crippen molar-refractivity contribution in [1.82, 2.24) is 4.90 Å². The van der Waals surface area contributed by atoms with Crippen LogP contribution in [0.25, 0.3) is 0 Å². The SMILES string of the molecule is C#CC(C)(C)OC[C@@H](O)CN1CCC(C)CC1. The summed E-state index contributed by atoms with van der Waals surface area (Å²) in [5, 5.41) is 9.89. The lowest BCUT2D eigenvalue weighted by Crippen LogP contribution is -2.41. The van der Waals surface area contributed by atoms with Gasteiger partial charge in [0.2, 0.25) is 0 Å². The molecule has 1 aliphatic rings. The first-order chi connectivity index (χ1) is 7.93. The molecule has 0 unspecified atom stereocenters. The third kappa shape index (κ3) is 5.54. The highest BCUT2D eigenvalue weighted by Gasteiger charge is 2.20. The van der Waals surface area contributed by atoms with Crippen LogP contribution in [0.2, 0.25) is 0 Å². The minimum absolute atomic E-state index is 0.309. The van der Waals surface area contributed by atoms with E-state index in [1.165, 1.54) is 12.8 Å². The second-order valence-electron chi connectivity index (χ2n) is 5.60. The van der Waals surface area contributed by atoms with Gasteiger partial charge in [0.1, 0.15) is 5.60 Å². The summed E-state index contributed by atoms with van der Waals surface area (Å²) in [7, 11) is 0. The van der Waals surface area contributed by atoms with Gasteiger partial charge < -0.3 is 14.7 Å². The van der Waals surface area contributed by atoms with Gasteiger partial charge in [0.15, 0.2) is 0 Å². The zero-order valence-corrected chi connectivity index (χ0v) is 11.3. The highest BCUT2D eigenvalue weighted by Crippen LogP contribution is 2.16. The van der Waals surface area contributed by atoms with Crippen LogP contribution in [0.4, 0.5) is 0 Å². The number of rotatable bonds is 5. The Labute approximate surface area is 105 Å². The molecule has 0 radical (unpaired) electrons. The van der Waals surface area contributed by atoms with Crippen LogP contribution in [0.3, 0.4) is 0 Å². The molecular weight excluding hydrogens is 214 g/mol. The first kappa shape index (κ1) is 14.5. The average molecular weight is 239 g/mol. The number of β-amino-alcohol motifs (C(OH)–C–C–N with tert-alkyl or cyclic N) is 1. The number of aliphatic hydroxyl groups excluding tert-OH is 1. The summed E-state index contributed by atoms with van der Waals surface area (Å²) in [5.74, 6) is 3.38. The van der Waals surface area contributed by atoms with Crippen LogP contribution in [0.5, 0.6) is 0 Å². The van der Waals surface area contributed by atoms with Crippen LogP contribution >= 0.6 is 0 Å². The number of piperidine rings is 1. The Kier molecular flexibility index (Phi) is 5.45. The quantitative estimate of drug-likeness (QED) is 0.738. The average Bonchev–Trinajstić information content (AvgIpc) is 2.30. The number of likely N-dealkylation sites (tertiary alicyclic amines) is 1. The monoisotopic (exact) mass is 239 g/mol. The van der Waals surface area contributed by atoms with Gasteiger partial charge in [-0.2, -0.15) is 0 Å². The minimum atomic E-state index is -0.586. The van der Waals surface area contributed by atoms with Crippen molar-refractivity contribution in [3.8, 4) is 12.3 Å². The highest BCUT2D eigenvalue weighted by atomic mass is 16.5. The second-order valence-corrected chi connectivity index (χ2v) is 5.60. The minimum Gasteiger partial charge on any atom is -0.389 e. The Hall–Kier alpha value is -0.560. The van der Waals surface area contributed by atoms with Crippen LogP contribution in [0, 0.1) is 18.3 Å². The molecule has 1 fully saturated rings. The van der Waals surface area contributed by atoms with E-state index in [1.54, 1.807) is 0 Å². The van der Waals surface area contributed by atoms with Gasteiger partial charge in [-0.1, -0.05) is 12.8 Å². The van der Waals surface area contributed by atoms with E-state index in [2.05, 4.69) is 17.7 Å². The Balaban J connectivity index is 2.21. The maximum Gasteiger partial charge on any atom is 0.122 e. The van der Waals surface area contributed by atoms with E-state index in [1.807, 2.05) is 13.8 Å². The lowest BCUT2D eigenvalue weighted by atomic mass is 9.99. The first-order valence-corrected chi connectivity index (χ1v) is 6.45. The molecule has 1 aliphatic heterocycles. The Morgan fingerprint density at radius 3 is 2.59 bits per heavy atom. The number of terminal acetylenes is 1. The second kappa shape index (κ2) is 6.39. The van der Waals surface area contributed by atoms with Crippen molar-refractivity contribution < 1.29 is 9.84 Å². The summed E-state index contributed by atoms with van der Waals surface area (Å²) in [6.07, 6.45) is 7.33. The molecule has 0 spiro atoms. The van der Waals surface area contributed by atoms with E-state index in [0.29, 0.717) is 13.2 Å². The van der Waals surface area contributed by atoms with E-state index in [4.69, 9.17) is 11.2 Å². The fraction of sp³-hybridized carbons (Fsp3) is 0.857. The maximum atomic E-state index is 9.89. The lowest BCUT2D eigenvalue weighted by Gasteiger charge is -2.32. The van der Waals surface area contributed by atoms with Crippen LogP contribution in [0.1, 0.15) is 33.6 Å². The van der Waals surface area contributed by atoms with Crippen LogP contribution < -0.4 is 0 Å². The van der Waals surface area contributed by atoms with E-state index in [0.717, 1.165) is 19.0 Å². The summed E-state index contributed by atoms with van der Waals surface area (Å²) in [4.78, 5) is 2.30. The molecule has 98 valence electrons. The lowest BCUT2D eigenvalue weighted by molar-refractivity contribution is -0.0395. The molecule has 1 heterocycles. The van der Waals surface area contributed by atoms with Crippen molar-refractivity contribution in [2.24, 2.45) is 5.92 Å². The molecule has 3 nitrogen and oxygen atoms in total. The van der Waals surface area contributed by atoms with Gasteiger partial charge in [-0.05, 0) is 45.7 Å². The first-order valence-electron chi connectivity index (χ1n) is 6.45. The van der Waals surface area contributed by atoms with Gasteiger partial charge in [-0.15, -0.1) is 6.42 Å². The molecule has 0 bridgehead atoms. The van der Waals surface area contributed by atoms with E-state index in [9.17, 15) is 5.11 Å².